The van der Waals surface area contributed by atoms with Gasteiger partial charge in [-0.05, 0) is 28.1 Å². The third-order valence-corrected chi connectivity index (χ3v) is 2.53. The molecule has 0 saturated carbocycles. The molecule has 1 aromatic rings. The number of hydrogen-bond donors (Lipinski definition) is 1. The smallest absolute Gasteiger partial charge is 0.175 e. The fraction of sp³-hybridized carbons (Fsp3) is 0.364. The molecule has 0 saturated heterocycles. The molecule has 0 unspecified atom stereocenters. The molecule has 0 fully saturated rings. The Labute approximate surface area is 102 Å². The minimum Gasteiger partial charge on any atom is -0.493 e. The van der Waals surface area contributed by atoms with E-state index in [2.05, 4.69) is 15.9 Å². The van der Waals surface area contributed by atoms with Gasteiger partial charge in [-0.25, -0.2) is 0 Å². The second kappa shape index (κ2) is 6.50. The Morgan fingerprint density at radius 3 is 2.81 bits per heavy atom. The number of carbonyl (C=O) groups excluding carboxylic acids is 1. The molecule has 0 spiro atoms. The molecule has 0 radical (unpaired) electrons. The Kier molecular flexibility index (Phi) is 5.28. The summed E-state index contributed by atoms with van der Waals surface area (Å²) in [5.41, 5.74) is 0.512. The third kappa shape index (κ3) is 3.21. The molecule has 0 heterocycles. The van der Waals surface area contributed by atoms with E-state index in [1.807, 2.05) is 0 Å². The van der Waals surface area contributed by atoms with Crippen LogP contribution in [0.5, 0.6) is 11.5 Å². The maximum atomic E-state index is 10.6. The van der Waals surface area contributed by atoms with Crippen molar-refractivity contribution in [2.24, 2.45) is 0 Å². The number of carbonyl (C=O) groups is 1. The molecule has 0 aliphatic rings. The minimum absolute atomic E-state index is 0.0757. The van der Waals surface area contributed by atoms with Crippen LogP contribution in [0.2, 0.25) is 0 Å². The molecule has 88 valence electrons. The summed E-state index contributed by atoms with van der Waals surface area (Å²) >= 11 is 3.31. The molecule has 0 atom stereocenters. The van der Waals surface area contributed by atoms with Gasteiger partial charge in [0.2, 0.25) is 0 Å². The predicted molar refractivity (Wildman–Crippen MR) is 63.3 cm³/mol. The fourth-order valence-electron chi connectivity index (χ4n) is 1.19. The average molecular weight is 289 g/mol. The molecule has 0 bridgehead atoms. The molecule has 1 aromatic carbocycles. The molecule has 5 heteroatoms. The molecular formula is C11H13BrO4. The molecule has 16 heavy (non-hydrogen) atoms. The van der Waals surface area contributed by atoms with Gasteiger partial charge in [-0.15, -0.1) is 0 Å². The normalized spacial score (nSPS) is 9.94. The van der Waals surface area contributed by atoms with E-state index in [1.165, 1.54) is 7.11 Å². The van der Waals surface area contributed by atoms with Crippen molar-refractivity contribution in [1.82, 2.24) is 0 Å². The summed E-state index contributed by atoms with van der Waals surface area (Å²) in [5.74, 6) is 1.04. The van der Waals surface area contributed by atoms with Crippen molar-refractivity contribution >= 4 is 22.2 Å². The number of rotatable bonds is 6. The van der Waals surface area contributed by atoms with Crippen LogP contribution in [0.1, 0.15) is 16.8 Å². The van der Waals surface area contributed by atoms with Crippen molar-refractivity contribution in [1.29, 1.82) is 0 Å². The number of aldehydes is 1. The van der Waals surface area contributed by atoms with Crippen molar-refractivity contribution in [3.8, 4) is 11.5 Å². The van der Waals surface area contributed by atoms with Gasteiger partial charge in [0.25, 0.3) is 0 Å². The summed E-state index contributed by atoms with van der Waals surface area (Å²) in [6.45, 7) is 0.470. The number of methoxy groups -OCH3 is 1. The lowest BCUT2D eigenvalue weighted by Crippen LogP contribution is -2.02. The van der Waals surface area contributed by atoms with E-state index in [-0.39, 0.29) is 6.61 Å². The molecule has 0 aliphatic carbocycles. The Morgan fingerprint density at radius 1 is 1.50 bits per heavy atom. The van der Waals surface area contributed by atoms with E-state index in [9.17, 15) is 4.79 Å². The zero-order valence-corrected chi connectivity index (χ0v) is 10.5. The minimum atomic E-state index is 0.0757. The van der Waals surface area contributed by atoms with Gasteiger partial charge < -0.3 is 14.6 Å². The van der Waals surface area contributed by atoms with Crippen LogP contribution in [0.4, 0.5) is 0 Å². The third-order valence-electron chi connectivity index (χ3n) is 1.94. The average Bonchev–Trinajstić information content (AvgIpc) is 2.30. The summed E-state index contributed by atoms with van der Waals surface area (Å²) < 4.78 is 11.2. The summed E-state index contributed by atoms with van der Waals surface area (Å²) in [7, 11) is 1.51. The quantitative estimate of drug-likeness (QED) is 0.643. The SMILES string of the molecule is COc1cc(C=O)cc(Br)c1OCCCO. The molecular weight excluding hydrogens is 276 g/mol. The second-order valence-electron chi connectivity index (χ2n) is 3.08. The van der Waals surface area contributed by atoms with Crippen LogP contribution in [0.15, 0.2) is 16.6 Å². The van der Waals surface area contributed by atoms with Gasteiger partial charge in [0.05, 0.1) is 18.2 Å². The maximum Gasteiger partial charge on any atom is 0.175 e. The molecule has 1 N–H and O–H groups in total. The highest BCUT2D eigenvalue weighted by atomic mass is 79.9. The van der Waals surface area contributed by atoms with E-state index in [4.69, 9.17) is 14.6 Å². The van der Waals surface area contributed by atoms with Crippen LogP contribution in [-0.4, -0.2) is 31.7 Å². The van der Waals surface area contributed by atoms with Crippen LogP contribution in [0.3, 0.4) is 0 Å². The Balaban J connectivity index is 2.92. The van der Waals surface area contributed by atoms with Gasteiger partial charge in [0.1, 0.15) is 6.29 Å². The lowest BCUT2D eigenvalue weighted by molar-refractivity contribution is 0.112. The van der Waals surface area contributed by atoms with E-state index >= 15 is 0 Å². The highest BCUT2D eigenvalue weighted by Gasteiger charge is 2.11. The lowest BCUT2D eigenvalue weighted by Gasteiger charge is -2.12. The zero-order chi connectivity index (χ0) is 12.0. The first kappa shape index (κ1) is 13.0. The van der Waals surface area contributed by atoms with Crippen molar-refractivity contribution in [3.63, 3.8) is 0 Å². The van der Waals surface area contributed by atoms with Gasteiger partial charge in [0, 0.05) is 18.6 Å². The van der Waals surface area contributed by atoms with Crippen LogP contribution >= 0.6 is 15.9 Å². The first-order chi connectivity index (χ1) is 7.72. The zero-order valence-electron chi connectivity index (χ0n) is 8.90. The Bertz CT molecular complexity index is 365. The second-order valence-corrected chi connectivity index (χ2v) is 3.93. The number of benzene rings is 1. The summed E-state index contributed by atoms with van der Waals surface area (Å²) in [6.07, 6.45) is 1.29. The molecule has 0 aliphatic heterocycles. The maximum absolute atomic E-state index is 10.6. The molecule has 0 amide bonds. The highest BCUT2D eigenvalue weighted by Crippen LogP contribution is 2.36. The first-order valence-electron chi connectivity index (χ1n) is 4.79. The van der Waals surface area contributed by atoms with Crippen molar-refractivity contribution in [2.45, 2.75) is 6.42 Å². The number of aliphatic hydroxyl groups is 1. The summed E-state index contributed by atoms with van der Waals surface area (Å²) in [6, 6.07) is 3.26. The van der Waals surface area contributed by atoms with Gasteiger partial charge in [-0.2, -0.15) is 0 Å². The van der Waals surface area contributed by atoms with Crippen LogP contribution in [0, 0.1) is 0 Å². The van der Waals surface area contributed by atoms with Crippen LogP contribution < -0.4 is 9.47 Å². The van der Waals surface area contributed by atoms with Crippen molar-refractivity contribution in [3.05, 3.63) is 22.2 Å². The Morgan fingerprint density at radius 2 is 2.25 bits per heavy atom. The number of ether oxygens (including phenoxy) is 2. The summed E-state index contributed by atoms with van der Waals surface area (Å²) in [5, 5.41) is 8.65. The predicted octanol–water partition coefficient (Wildman–Crippen LogP) is 2.03. The van der Waals surface area contributed by atoms with Crippen molar-refractivity contribution in [2.75, 3.05) is 20.3 Å². The topological polar surface area (TPSA) is 55.8 Å². The number of halogens is 1. The van der Waals surface area contributed by atoms with E-state index in [0.29, 0.717) is 34.6 Å². The van der Waals surface area contributed by atoms with Crippen LogP contribution in [-0.2, 0) is 0 Å². The Hall–Kier alpha value is -1.07. The standard InChI is InChI=1S/C11H13BrO4/c1-15-10-6-8(7-14)5-9(12)11(10)16-4-2-3-13/h5-7,13H,2-4H2,1H3. The van der Waals surface area contributed by atoms with E-state index in [0.717, 1.165) is 6.29 Å². The van der Waals surface area contributed by atoms with E-state index < -0.39 is 0 Å². The van der Waals surface area contributed by atoms with Gasteiger partial charge in [-0.1, -0.05) is 0 Å². The monoisotopic (exact) mass is 288 g/mol. The largest absolute Gasteiger partial charge is 0.493 e. The number of hydrogen-bond acceptors (Lipinski definition) is 4. The molecule has 1 rings (SSSR count). The molecule has 4 nitrogen and oxygen atoms in total. The van der Waals surface area contributed by atoms with Gasteiger partial charge in [0.15, 0.2) is 11.5 Å². The lowest BCUT2D eigenvalue weighted by atomic mass is 10.2. The fourth-order valence-corrected chi connectivity index (χ4v) is 1.76. The summed E-state index contributed by atoms with van der Waals surface area (Å²) in [4.78, 5) is 10.6. The first-order valence-corrected chi connectivity index (χ1v) is 5.58. The number of aliphatic hydroxyl groups excluding tert-OH is 1. The van der Waals surface area contributed by atoms with E-state index in [1.54, 1.807) is 12.1 Å². The van der Waals surface area contributed by atoms with Gasteiger partial charge in [-0.3, -0.25) is 4.79 Å². The van der Waals surface area contributed by atoms with Crippen LogP contribution in [0.25, 0.3) is 0 Å². The van der Waals surface area contributed by atoms with Gasteiger partial charge >= 0.3 is 0 Å². The van der Waals surface area contributed by atoms with Crippen molar-refractivity contribution < 1.29 is 19.4 Å². The molecule has 0 aromatic heterocycles. The highest BCUT2D eigenvalue weighted by molar-refractivity contribution is 9.10.